The first-order valence-electron chi connectivity index (χ1n) is 8.96. The smallest absolute Gasteiger partial charge is 0.266 e. The van der Waals surface area contributed by atoms with Crippen molar-refractivity contribution in [1.82, 2.24) is 0 Å². The molecule has 2 aromatic rings. The Kier molecular flexibility index (Phi) is 7.45. The van der Waals surface area contributed by atoms with Crippen LogP contribution in [0.3, 0.4) is 0 Å². The second-order valence-corrected chi connectivity index (χ2v) is 5.98. The molecule has 140 valence electrons. The summed E-state index contributed by atoms with van der Waals surface area (Å²) in [5.41, 5.74) is 2.45. The predicted molar refractivity (Wildman–Crippen MR) is 107 cm³/mol. The zero-order valence-electron chi connectivity index (χ0n) is 15.9. The van der Waals surface area contributed by atoms with Gasteiger partial charge in [-0.05, 0) is 56.2 Å². The van der Waals surface area contributed by atoms with E-state index in [0.717, 1.165) is 12.0 Å². The minimum atomic E-state index is -0.453. The molecule has 0 spiro atoms. The highest BCUT2D eigenvalue weighted by molar-refractivity contribution is 6.09. The number of hydrogen-bond donors (Lipinski definition) is 1. The number of hydrogen-bond acceptors (Lipinski definition) is 4. The van der Waals surface area contributed by atoms with Crippen molar-refractivity contribution >= 4 is 17.7 Å². The fourth-order valence-electron chi connectivity index (χ4n) is 2.36. The largest absolute Gasteiger partial charge is 0.490 e. The van der Waals surface area contributed by atoms with E-state index in [2.05, 4.69) is 5.32 Å². The second kappa shape index (κ2) is 10.0. The Hall–Kier alpha value is -3.26. The number of nitrogens with zero attached hydrogens (tertiary/aromatic N) is 1. The van der Waals surface area contributed by atoms with E-state index in [4.69, 9.17) is 9.47 Å². The molecule has 2 aromatic carbocycles. The van der Waals surface area contributed by atoms with Crippen molar-refractivity contribution in [1.29, 1.82) is 5.26 Å². The minimum absolute atomic E-state index is 0.0141. The monoisotopic (exact) mass is 364 g/mol. The Morgan fingerprint density at radius 1 is 1.11 bits per heavy atom. The molecule has 0 aromatic heterocycles. The number of nitrogens with one attached hydrogen (secondary N) is 1. The van der Waals surface area contributed by atoms with E-state index in [1.807, 2.05) is 39.0 Å². The van der Waals surface area contributed by atoms with Crippen LogP contribution in [0, 0.1) is 18.3 Å². The maximum atomic E-state index is 12.4. The Morgan fingerprint density at radius 3 is 2.48 bits per heavy atom. The van der Waals surface area contributed by atoms with Gasteiger partial charge in [-0.3, -0.25) is 4.79 Å². The van der Waals surface area contributed by atoms with Gasteiger partial charge < -0.3 is 14.8 Å². The molecule has 0 saturated heterocycles. The molecule has 5 nitrogen and oxygen atoms in total. The number of carbonyl (C=O) groups excluding carboxylic acids is 1. The number of rotatable bonds is 8. The average Bonchev–Trinajstić information content (AvgIpc) is 2.67. The Bertz CT molecular complexity index is 849. The summed E-state index contributed by atoms with van der Waals surface area (Å²) in [4.78, 5) is 12.4. The summed E-state index contributed by atoms with van der Waals surface area (Å²) in [6.45, 7) is 6.98. The molecule has 0 heterocycles. The van der Waals surface area contributed by atoms with E-state index in [9.17, 15) is 10.1 Å². The van der Waals surface area contributed by atoms with Gasteiger partial charge in [0.2, 0.25) is 0 Å². The molecule has 0 aliphatic rings. The molecule has 0 unspecified atom stereocenters. The molecule has 2 rings (SSSR count). The van der Waals surface area contributed by atoms with Crippen LogP contribution in [0.1, 0.15) is 31.4 Å². The topological polar surface area (TPSA) is 71.3 Å². The van der Waals surface area contributed by atoms with Gasteiger partial charge in [0.1, 0.15) is 11.6 Å². The number of aryl methyl sites for hydroxylation is 1. The number of ether oxygens (including phenoxy) is 2. The third-order valence-electron chi connectivity index (χ3n) is 3.71. The lowest BCUT2D eigenvalue weighted by Crippen LogP contribution is -2.13. The molecular formula is C22H24N2O3. The fourth-order valence-corrected chi connectivity index (χ4v) is 2.36. The van der Waals surface area contributed by atoms with Crippen LogP contribution in [-0.2, 0) is 4.79 Å². The highest BCUT2D eigenvalue weighted by atomic mass is 16.5. The van der Waals surface area contributed by atoms with Crippen LogP contribution in [0.5, 0.6) is 11.5 Å². The van der Waals surface area contributed by atoms with Crippen molar-refractivity contribution in [3.8, 4) is 17.6 Å². The molecule has 0 saturated carbocycles. The molecular weight excluding hydrogens is 340 g/mol. The number of benzene rings is 2. The van der Waals surface area contributed by atoms with E-state index in [1.54, 1.807) is 30.3 Å². The zero-order valence-corrected chi connectivity index (χ0v) is 15.9. The summed E-state index contributed by atoms with van der Waals surface area (Å²) in [5.74, 6) is 0.792. The molecule has 0 aliphatic carbocycles. The standard InChI is InChI=1S/C22H24N2O3/c1-4-12-27-20-11-8-17(14-21(20)26-5-2)13-18(15-23)22(25)24-19-9-6-16(3)7-10-19/h6-11,13-14H,4-5,12H2,1-3H3,(H,24,25)/b18-13-. The quantitative estimate of drug-likeness (QED) is 0.543. The average molecular weight is 364 g/mol. The van der Waals surface area contributed by atoms with Gasteiger partial charge in [0.05, 0.1) is 13.2 Å². The van der Waals surface area contributed by atoms with Crippen LogP contribution < -0.4 is 14.8 Å². The van der Waals surface area contributed by atoms with Crippen molar-refractivity contribution in [3.63, 3.8) is 0 Å². The Morgan fingerprint density at radius 2 is 1.85 bits per heavy atom. The van der Waals surface area contributed by atoms with E-state index >= 15 is 0 Å². The molecule has 0 aliphatic heterocycles. The van der Waals surface area contributed by atoms with Crippen molar-refractivity contribution < 1.29 is 14.3 Å². The number of amides is 1. The summed E-state index contributed by atoms with van der Waals surface area (Å²) >= 11 is 0. The van der Waals surface area contributed by atoms with E-state index < -0.39 is 5.91 Å². The minimum Gasteiger partial charge on any atom is -0.490 e. The van der Waals surface area contributed by atoms with Crippen molar-refractivity contribution in [2.45, 2.75) is 27.2 Å². The van der Waals surface area contributed by atoms with Gasteiger partial charge in [-0.2, -0.15) is 5.26 Å². The molecule has 1 N–H and O–H groups in total. The second-order valence-electron chi connectivity index (χ2n) is 5.98. The molecule has 0 radical (unpaired) electrons. The molecule has 27 heavy (non-hydrogen) atoms. The third kappa shape index (κ3) is 5.89. The summed E-state index contributed by atoms with van der Waals surface area (Å²) < 4.78 is 11.3. The first-order valence-corrected chi connectivity index (χ1v) is 8.96. The van der Waals surface area contributed by atoms with Gasteiger partial charge in [0.15, 0.2) is 11.5 Å². The summed E-state index contributed by atoms with van der Waals surface area (Å²) in [7, 11) is 0. The lowest BCUT2D eigenvalue weighted by molar-refractivity contribution is -0.112. The van der Waals surface area contributed by atoms with Crippen molar-refractivity contribution in [2.24, 2.45) is 0 Å². The van der Waals surface area contributed by atoms with Crippen molar-refractivity contribution in [2.75, 3.05) is 18.5 Å². The number of nitriles is 1. The van der Waals surface area contributed by atoms with Gasteiger partial charge in [0.25, 0.3) is 5.91 Å². The number of anilines is 1. The molecule has 0 fully saturated rings. The summed E-state index contributed by atoms with van der Waals surface area (Å²) in [6.07, 6.45) is 2.43. The van der Waals surface area contributed by atoms with E-state index in [0.29, 0.717) is 36.0 Å². The zero-order chi connectivity index (χ0) is 19.6. The third-order valence-corrected chi connectivity index (χ3v) is 3.71. The van der Waals surface area contributed by atoms with Gasteiger partial charge in [-0.15, -0.1) is 0 Å². The van der Waals surface area contributed by atoms with Crippen LogP contribution in [0.4, 0.5) is 5.69 Å². The summed E-state index contributed by atoms with van der Waals surface area (Å²) in [6, 6.07) is 14.7. The maximum Gasteiger partial charge on any atom is 0.266 e. The molecule has 1 amide bonds. The first-order chi connectivity index (χ1) is 13.1. The molecule has 0 atom stereocenters. The first kappa shape index (κ1) is 20.1. The molecule has 0 bridgehead atoms. The fraction of sp³-hybridized carbons (Fsp3) is 0.273. The van der Waals surface area contributed by atoms with Gasteiger partial charge in [-0.25, -0.2) is 0 Å². The van der Waals surface area contributed by atoms with Gasteiger partial charge in [-0.1, -0.05) is 30.7 Å². The predicted octanol–water partition coefficient (Wildman–Crippen LogP) is 4.73. The SMILES string of the molecule is CCCOc1ccc(/C=C(/C#N)C(=O)Nc2ccc(C)cc2)cc1OCC. The van der Waals surface area contributed by atoms with Crippen molar-refractivity contribution in [3.05, 3.63) is 59.2 Å². The van der Waals surface area contributed by atoms with Crippen LogP contribution in [0.25, 0.3) is 6.08 Å². The Balaban J connectivity index is 2.22. The lowest BCUT2D eigenvalue weighted by Gasteiger charge is -2.12. The van der Waals surface area contributed by atoms with Crippen LogP contribution in [-0.4, -0.2) is 19.1 Å². The van der Waals surface area contributed by atoms with Crippen LogP contribution in [0.15, 0.2) is 48.0 Å². The summed E-state index contributed by atoms with van der Waals surface area (Å²) in [5, 5.41) is 12.1. The van der Waals surface area contributed by atoms with Crippen LogP contribution in [0.2, 0.25) is 0 Å². The number of carbonyl (C=O) groups is 1. The normalized spacial score (nSPS) is 10.8. The Labute approximate surface area is 160 Å². The molecule has 5 heteroatoms. The van der Waals surface area contributed by atoms with Gasteiger partial charge in [0, 0.05) is 5.69 Å². The highest BCUT2D eigenvalue weighted by Crippen LogP contribution is 2.29. The van der Waals surface area contributed by atoms with E-state index in [1.165, 1.54) is 6.08 Å². The van der Waals surface area contributed by atoms with Gasteiger partial charge >= 0.3 is 0 Å². The lowest BCUT2D eigenvalue weighted by atomic mass is 10.1. The maximum absolute atomic E-state index is 12.4. The van der Waals surface area contributed by atoms with E-state index in [-0.39, 0.29) is 5.57 Å². The highest BCUT2D eigenvalue weighted by Gasteiger charge is 2.11. The van der Waals surface area contributed by atoms with Crippen LogP contribution >= 0.6 is 0 Å².